The van der Waals surface area contributed by atoms with Gasteiger partial charge in [0.2, 0.25) is 0 Å². The second-order valence-corrected chi connectivity index (χ2v) is 3.55. The van der Waals surface area contributed by atoms with Gasteiger partial charge in [-0.2, -0.15) is 0 Å². The van der Waals surface area contributed by atoms with Gasteiger partial charge in [0.25, 0.3) is 0 Å². The van der Waals surface area contributed by atoms with E-state index in [4.69, 9.17) is 0 Å². The third-order valence-electron chi connectivity index (χ3n) is 2.35. The number of phenols is 1. The van der Waals surface area contributed by atoms with Gasteiger partial charge >= 0.3 is 0 Å². The van der Waals surface area contributed by atoms with Gasteiger partial charge in [-0.15, -0.1) is 0 Å². The predicted molar refractivity (Wildman–Crippen MR) is 60.5 cm³/mol. The molecule has 1 aromatic heterocycles. The lowest BCUT2D eigenvalue weighted by atomic mass is 10.0. The molecule has 3 heteroatoms. The van der Waals surface area contributed by atoms with Crippen molar-refractivity contribution in [3.05, 3.63) is 59.4 Å². The summed E-state index contributed by atoms with van der Waals surface area (Å²) >= 11 is 0. The van der Waals surface area contributed by atoms with Gasteiger partial charge in [-0.1, -0.05) is 12.1 Å². The van der Waals surface area contributed by atoms with Crippen molar-refractivity contribution < 1.29 is 9.90 Å². The molecule has 0 unspecified atom stereocenters. The highest BCUT2D eigenvalue weighted by molar-refractivity contribution is 5.79. The van der Waals surface area contributed by atoms with E-state index in [1.165, 1.54) is 6.07 Å². The molecule has 0 radical (unpaired) electrons. The molecule has 80 valence electrons. The van der Waals surface area contributed by atoms with Crippen molar-refractivity contribution >= 4 is 6.29 Å². The molecule has 0 amide bonds. The molecular weight excluding hydrogens is 202 g/mol. The number of rotatable bonds is 3. The van der Waals surface area contributed by atoms with Crippen LogP contribution in [0, 0.1) is 0 Å². The number of aldehydes is 1. The van der Waals surface area contributed by atoms with Gasteiger partial charge in [-0.05, 0) is 35.7 Å². The van der Waals surface area contributed by atoms with E-state index >= 15 is 0 Å². The van der Waals surface area contributed by atoms with Gasteiger partial charge < -0.3 is 5.11 Å². The first-order valence-corrected chi connectivity index (χ1v) is 4.95. The normalized spacial score (nSPS) is 10.0. The average Bonchev–Trinajstić information content (AvgIpc) is 2.33. The van der Waals surface area contributed by atoms with Crippen LogP contribution >= 0.6 is 0 Å². The Morgan fingerprint density at radius 1 is 1.25 bits per heavy atom. The van der Waals surface area contributed by atoms with Crippen LogP contribution in [0.1, 0.15) is 21.5 Å². The van der Waals surface area contributed by atoms with Crippen LogP contribution < -0.4 is 0 Å². The zero-order valence-corrected chi connectivity index (χ0v) is 8.63. The molecule has 0 aliphatic heterocycles. The molecule has 1 heterocycles. The van der Waals surface area contributed by atoms with E-state index in [-0.39, 0.29) is 5.75 Å². The van der Waals surface area contributed by atoms with E-state index in [1.54, 1.807) is 24.5 Å². The number of nitrogens with zero attached hydrogens (tertiary/aromatic N) is 1. The first-order valence-electron chi connectivity index (χ1n) is 4.95. The standard InChI is InChI=1S/C13H11NO2/c15-9-12-7-10(3-4-13(12)16)6-11-2-1-5-14-8-11/h1-5,7-9,16H,6H2. The van der Waals surface area contributed by atoms with Gasteiger partial charge in [-0.25, -0.2) is 0 Å². The van der Waals surface area contributed by atoms with Crippen molar-refractivity contribution in [3.8, 4) is 5.75 Å². The molecule has 0 aliphatic carbocycles. The average molecular weight is 213 g/mol. The number of pyridine rings is 1. The van der Waals surface area contributed by atoms with Crippen LogP contribution in [-0.2, 0) is 6.42 Å². The minimum atomic E-state index is 0.0185. The number of aromatic nitrogens is 1. The molecule has 16 heavy (non-hydrogen) atoms. The van der Waals surface area contributed by atoms with E-state index in [0.29, 0.717) is 18.3 Å². The number of hydrogen-bond donors (Lipinski definition) is 1. The molecule has 0 fully saturated rings. The van der Waals surface area contributed by atoms with E-state index in [2.05, 4.69) is 4.98 Å². The molecule has 0 saturated carbocycles. The highest BCUT2D eigenvalue weighted by Gasteiger charge is 2.02. The van der Waals surface area contributed by atoms with Gasteiger partial charge in [0, 0.05) is 12.4 Å². The number of carbonyl (C=O) groups is 1. The van der Waals surface area contributed by atoms with Gasteiger partial charge in [-0.3, -0.25) is 9.78 Å². The van der Waals surface area contributed by atoms with Crippen LogP contribution in [0.3, 0.4) is 0 Å². The lowest BCUT2D eigenvalue weighted by Gasteiger charge is -2.03. The maximum absolute atomic E-state index is 10.7. The Hall–Kier alpha value is -2.16. The Morgan fingerprint density at radius 3 is 2.81 bits per heavy atom. The van der Waals surface area contributed by atoms with Crippen molar-refractivity contribution in [2.45, 2.75) is 6.42 Å². The summed E-state index contributed by atoms with van der Waals surface area (Å²) in [6, 6.07) is 8.87. The zero-order chi connectivity index (χ0) is 11.4. The first-order chi connectivity index (χ1) is 7.79. The molecule has 2 rings (SSSR count). The summed E-state index contributed by atoms with van der Waals surface area (Å²) in [7, 11) is 0. The summed E-state index contributed by atoms with van der Waals surface area (Å²) in [6.07, 6.45) is 4.86. The highest BCUT2D eigenvalue weighted by Crippen LogP contribution is 2.18. The molecular formula is C13H11NO2. The van der Waals surface area contributed by atoms with Gasteiger partial charge in [0.15, 0.2) is 6.29 Å². The molecule has 0 bridgehead atoms. The number of aromatic hydroxyl groups is 1. The van der Waals surface area contributed by atoms with E-state index in [1.807, 2.05) is 12.1 Å². The second kappa shape index (κ2) is 4.57. The summed E-state index contributed by atoms with van der Waals surface area (Å²) in [5.74, 6) is 0.0185. The number of benzene rings is 1. The van der Waals surface area contributed by atoms with Crippen molar-refractivity contribution in [1.29, 1.82) is 0 Å². The third kappa shape index (κ3) is 2.25. The maximum Gasteiger partial charge on any atom is 0.153 e. The molecule has 0 saturated heterocycles. The number of phenolic OH excluding ortho intramolecular Hbond substituents is 1. The quantitative estimate of drug-likeness (QED) is 0.795. The molecule has 0 atom stereocenters. The van der Waals surface area contributed by atoms with Crippen molar-refractivity contribution in [2.75, 3.05) is 0 Å². The Labute approximate surface area is 93.4 Å². The zero-order valence-electron chi connectivity index (χ0n) is 8.63. The Kier molecular flexibility index (Phi) is 2.96. The number of carbonyl (C=O) groups excluding carboxylic acids is 1. The van der Waals surface area contributed by atoms with E-state index < -0.39 is 0 Å². The Morgan fingerprint density at radius 2 is 2.12 bits per heavy atom. The van der Waals surface area contributed by atoms with Crippen LogP contribution in [-0.4, -0.2) is 16.4 Å². The lowest BCUT2D eigenvalue weighted by Crippen LogP contribution is -1.91. The summed E-state index contributed by atoms with van der Waals surface area (Å²) in [6.45, 7) is 0. The molecule has 1 N–H and O–H groups in total. The molecule has 1 aromatic carbocycles. The Balaban J connectivity index is 2.26. The SMILES string of the molecule is O=Cc1cc(Cc2cccnc2)ccc1O. The van der Waals surface area contributed by atoms with Crippen molar-refractivity contribution in [3.63, 3.8) is 0 Å². The van der Waals surface area contributed by atoms with Crippen LogP contribution in [0.5, 0.6) is 5.75 Å². The van der Waals surface area contributed by atoms with Crippen molar-refractivity contribution in [1.82, 2.24) is 4.98 Å². The maximum atomic E-state index is 10.7. The molecule has 2 aromatic rings. The third-order valence-corrected chi connectivity index (χ3v) is 2.35. The van der Waals surface area contributed by atoms with Gasteiger partial charge in [0.05, 0.1) is 5.56 Å². The van der Waals surface area contributed by atoms with E-state index in [9.17, 15) is 9.90 Å². The topological polar surface area (TPSA) is 50.2 Å². The highest BCUT2D eigenvalue weighted by atomic mass is 16.3. The monoisotopic (exact) mass is 213 g/mol. The summed E-state index contributed by atoms with van der Waals surface area (Å²) in [5, 5.41) is 9.36. The van der Waals surface area contributed by atoms with Crippen LogP contribution in [0.2, 0.25) is 0 Å². The first kappa shape index (κ1) is 10.4. The van der Waals surface area contributed by atoms with Crippen LogP contribution in [0.15, 0.2) is 42.7 Å². The number of hydrogen-bond acceptors (Lipinski definition) is 3. The fraction of sp³-hybridized carbons (Fsp3) is 0.0769. The summed E-state index contributed by atoms with van der Waals surface area (Å²) < 4.78 is 0. The van der Waals surface area contributed by atoms with Crippen molar-refractivity contribution in [2.24, 2.45) is 0 Å². The minimum absolute atomic E-state index is 0.0185. The smallest absolute Gasteiger partial charge is 0.153 e. The van der Waals surface area contributed by atoms with E-state index in [0.717, 1.165) is 11.1 Å². The minimum Gasteiger partial charge on any atom is -0.507 e. The lowest BCUT2D eigenvalue weighted by molar-refractivity contribution is 0.112. The molecule has 3 nitrogen and oxygen atoms in total. The van der Waals surface area contributed by atoms with Crippen LogP contribution in [0.4, 0.5) is 0 Å². The van der Waals surface area contributed by atoms with Crippen LogP contribution in [0.25, 0.3) is 0 Å². The van der Waals surface area contributed by atoms with Gasteiger partial charge in [0.1, 0.15) is 5.75 Å². The fourth-order valence-corrected chi connectivity index (χ4v) is 1.55. The fourth-order valence-electron chi connectivity index (χ4n) is 1.55. The summed E-state index contributed by atoms with van der Waals surface area (Å²) in [4.78, 5) is 14.7. The largest absolute Gasteiger partial charge is 0.507 e. The second-order valence-electron chi connectivity index (χ2n) is 3.55. The predicted octanol–water partition coefficient (Wildman–Crippen LogP) is 2.19. The Bertz CT molecular complexity index is 495. The molecule has 0 spiro atoms. The summed E-state index contributed by atoms with van der Waals surface area (Å²) in [5.41, 5.74) is 2.37. The molecule has 0 aliphatic rings.